The van der Waals surface area contributed by atoms with Crippen molar-refractivity contribution in [3.05, 3.63) is 65.7 Å². The van der Waals surface area contributed by atoms with Crippen molar-refractivity contribution in [3.8, 4) is 0 Å². The van der Waals surface area contributed by atoms with Crippen LogP contribution in [0.5, 0.6) is 0 Å². The topological polar surface area (TPSA) is 38.3 Å². The Morgan fingerprint density at radius 2 is 1.96 bits per heavy atom. The molecule has 1 fully saturated rings. The Labute approximate surface area is 147 Å². The lowest BCUT2D eigenvalue weighted by atomic mass is 9.99. The van der Waals surface area contributed by atoms with Gasteiger partial charge in [-0.25, -0.2) is 0 Å². The number of benzene rings is 2. The van der Waals surface area contributed by atoms with Crippen LogP contribution >= 0.6 is 11.8 Å². The Bertz CT molecular complexity index is 668. The highest BCUT2D eigenvalue weighted by molar-refractivity contribution is 8.00. The molecule has 0 bridgehead atoms. The van der Waals surface area contributed by atoms with E-state index < -0.39 is 0 Å². The highest BCUT2D eigenvalue weighted by atomic mass is 32.2. The average molecular weight is 341 g/mol. The van der Waals surface area contributed by atoms with Gasteiger partial charge in [0, 0.05) is 11.5 Å². The van der Waals surface area contributed by atoms with Gasteiger partial charge in [0.25, 0.3) is 0 Å². The van der Waals surface area contributed by atoms with Gasteiger partial charge in [0.15, 0.2) is 0 Å². The van der Waals surface area contributed by atoms with Gasteiger partial charge in [-0.05, 0) is 37.0 Å². The molecule has 0 aromatic heterocycles. The standard InChI is InChI=1S/C20H23NO2S/c1-15-8-5-6-12-18(15)24-14-19(22)21-20(17-11-7-13-23-17)16-9-3-2-4-10-16/h2-6,8-10,12,17,20H,7,11,13-14H2,1H3,(H,21,22)/t17-,20-/m1/s1. The second-order valence-electron chi connectivity index (χ2n) is 6.06. The van der Waals surface area contributed by atoms with E-state index in [4.69, 9.17) is 4.74 Å². The minimum atomic E-state index is -0.0707. The van der Waals surface area contributed by atoms with E-state index >= 15 is 0 Å². The second kappa shape index (κ2) is 8.36. The van der Waals surface area contributed by atoms with Crippen molar-refractivity contribution in [1.82, 2.24) is 5.32 Å². The van der Waals surface area contributed by atoms with Gasteiger partial charge in [0.2, 0.25) is 5.91 Å². The van der Waals surface area contributed by atoms with Gasteiger partial charge < -0.3 is 10.1 Å². The van der Waals surface area contributed by atoms with Crippen LogP contribution in [0.25, 0.3) is 0 Å². The summed E-state index contributed by atoms with van der Waals surface area (Å²) >= 11 is 1.58. The molecule has 0 aliphatic carbocycles. The Hall–Kier alpha value is -1.78. The fourth-order valence-electron chi connectivity index (χ4n) is 2.99. The number of hydrogen-bond acceptors (Lipinski definition) is 3. The molecule has 2 aromatic rings. The fraction of sp³-hybridized carbons (Fsp3) is 0.350. The van der Waals surface area contributed by atoms with Crippen LogP contribution in [-0.2, 0) is 9.53 Å². The monoisotopic (exact) mass is 341 g/mol. The first-order valence-corrected chi connectivity index (χ1v) is 9.37. The molecule has 0 saturated carbocycles. The molecule has 4 heteroatoms. The maximum Gasteiger partial charge on any atom is 0.230 e. The van der Waals surface area contributed by atoms with Gasteiger partial charge in [0.1, 0.15) is 0 Å². The van der Waals surface area contributed by atoms with E-state index in [1.807, 2.05) is 30.3 Å². The molecule has 0 unspecified atom stereocenters. The van der Waals surface area contributed by atoms with Crippen molar-refractivity contribution >= 4 is 17.7 Å². The molecule has 0 radical (unpaired) electrons. The Balaban J connectivity index is 1.64. The molecule has 2 atom stereocenters. The van der Waals surface area contributed by atoms with Crippen LogP contribution in [0.15, 0.2) is 59.5 Å². The summed E-state index contributed by atoms with van der Waals surface area (Å²) in [6.07, 6.45) is 2.12. The smallest absolute Gasteiger partial charge is 0.230 e. The molecule has 1 N–H and O–H groups in total. The highest BCUT2D eigenvalue weighted by Crippen LogP contribution is 2.27. The van der Waals surface area contributed by atoms with Gasteiger partial charge in [-0.2, -0.15) is 0 Å². The van der Waals surface area contributed by atoms with E-state index in [1.165, 1.54) is 5.56 Å². The van der Waals surface area contributed by atoms with Gasteiger partial charge >= 0.3 is 0 Å². The molecule has 1 aliphatic heterocycles. The lowest BCUT2D eigenvalue weighted by Gasteiger charge is -2.24. The number of ether oxygens (including phenoxy) is 1. The molecule has 1 aliphatic rings. The van der Waals surface area contributed by atoms with Gasteiger partial charge in [-0.15, -0.1) is 11.8 Å². The van der Waals surface area contributed by atoms with Crippen LogP contribution < -0.4 is 5.32 Å². The normalized spacial score (nSPS) is 18.3. The molecule has 3 nitrogen and oxygen atoms in total. The van der Waals surface area contributed by atoms with Crippen molar-refractivity contribution in [2.45, 2.75) is 36.8 Å². The number of hydrogen-bond donors (Lipinski definition) is 1. The summed E-state index contributed by atoms with van der Waals surface area (Å²) in [7, 11) is 0. The first kappa shape index (κ1) is 17.1. The number of thioether (sulfide) groups is 1. The third-order valence-electron chi connectivity index (χ3n) is 4.26. The van der Waals surface area contributed by atoms with Crippen LogP contribution in [-0.4, -0.2) is 24.4 Å². The molecule has 0 spiro atoms. The van der Waals surface area contributed by atoms with Crippen molar-refractivity contribution in [2.24, 2.45) is 0 Å². The van der Waals surface area contributed by atoms with Crippen LogP contribution in [0.4, 0.5) is 0 Å². The first-order valence-electron chi connectivity index (χ1n) is 8.38. The van der Waals surface area contributed by atoms with Crippen molar-refractivity contribution < 1.29 is 9.53 Å². The third kappa shape index (κ3) is 4.40. The van der Waals surface area contributed by atoms with E-state index in [0.717, 1.165) is 29.9 Å². The van der Waals surface area contributed by atoms with Crippen molar-refractivity contribution in [3.63, 3.8) is 0 Å². The number of carbonyl (C=O) groups is 1. The van der Waals surface area contributed by atoms with Crippen LogP contribution in [0, 0.1) is 6.92 Å². The van der Waals surface area contributed by atoms with Gasteiger partial charge in [0.05, 0.1) is 17.9 Å². The second-order valence-corrected chi connectivity index (χ2v) is 7.08. The number of rotatable bonds is 6. The minimum absolute atomic E-state index is 0.0487. The Kier molecular flexibility index (Phi) is 5.94. The lowest BCUT2D eigenvalue weighted by molar-refractivity contribution is -0.120. The fourth-order valence-corrected chi connectivity index (χ4v) is 3.83. The Morgan fingerprint density at radius 3 is 2.67 bits per heavy atom. The van der Waals surface area contributed by atoms with E-state index in [9.17, 15) is 4.79 Å². The maximum atomic E-state index is 12.5. The summed E-state index contributed by atoms with van der Waals surface area (Å²) in [4.78, 5) is 13.6. The lowest BCUT2D eigenvalue weighted by Crippen LogP contribution is -2.37. The maximum absolute atomic E-state index is 12.5. The summed E-state index contributed by atoms with van der Waals surface area (Å²) in [5.74, 6) is 0.466. The zero-order valence-corrected chi connectivity index (χ0v) is 14.7. The third-order valence-corrected chi connectivity index (χ3v) is 5.44. The van der Waals surface area contributed by atoms with Gasteiger partial charge in [-0.1, -0.05) is 48.5 Å². The van der Waals surface area contributed by atoms with E-state index in [1.54, 1.807) is 11.8 Å². The number of aryl methyl sites for hydroxylation is 1. The Morgan fingerprint density at radius 1 is 1.21 bits per heavy atom. The zero-order chi connectivity index (χ0) is 16.8. The molecular weight excluding hydrogens is 318 g/mol. The molecule has 3 rings (SSSR count). The first-order chi connectivity index (χ1) is 11.7. The van der Waals surface area contributed by atoms with E-state index in [-0.39, 0.29) is 18.1 Å². The van der Waals surface area contributed by atoms with Crippen molar-refractivity contribution in [2.75, 3.05) is 12.4 Å². The summed E-state index contributed by atoms with van der Waals surface area (Å²) in [6, 6.07) is 18.2. The number of amides is 1. The SMILES string of the molecule is Cc1ccccc1SCC(=O)N[C@H](c1ccccc1)[C@H]1CCCO1. The largest absolute Gasteiger partial charge is 0.376 e. The minimum Gasteiger partial charge on any atom is -0.376 e. The predicted octanol–water partition coefficient (Wildman–Crippen LogP) is 4.12. The summed E-state index contributed by atoms with van der Waals surface area (Å²) in [6.45, 7) is 2.85. The zero-order valence-electron chi connectivity index (χ0n) is 13.9. The van der Waals surface area contributed by atoms with E-state index in [2.05, 4.69) is 36.5 Å². The van der Waals surface area contributed by atoms with Crippen molar-refractivity contribution in [1.29, 1.82) is 0 Å². The molecule has 1 saturated heterocycles. The quantitative estimate of drug-likeness (QED) is 0.803. The molecular formula is C20H23NO2S. The summed E-state index contributed by atoms with van der Waals surface area (Å²) in [5.41, 5.74) is 2.31. The van der Waals surface area contributed by atoms with Crippen LogP contribution in [0.3, 0.4) is 0 Å². The number of carbonyl (C=O) groups excluding carboxylic acids is 1. The van der Waals surface area contributed by atoms with E-state index in [0.29, 0.717) is 5.75 Å². The predicted molar refractivity (Wildman–Crippen MR) is 98.2 cm³/mol. The summed E-state index contributed by atoms with van der Waals surface area (Å²) < 4.78 is 5.83. The molecule has 1 heterocycles. The van der Waals surface area contributed by atoms with Gasteiger partial charge in [-0.3, -0.25) is 4.79 Å². The number of nitrogens with one attached hydrogen (secondary N) is 1. The molecule has 2 aromatic carbocycles. The highest BCUT2D eigenvalue weighted by Gasteiger charge is 2.28. The van der Waals surface area contributed by atoms with Crippen LogP contribution in [0.2, 0.25) is 0 Å². The molecule has 24 heavy (non-hydrogen) atoms. The van der Waals surface area contributed by atoms with Crippen LogP contribution in [0.1, 0.15) is 30.0 Å². The summed E-state index contributed by atoms with van der Waals surface area (Å²) in [5, 5.41) is 3.18. The molecule has 126 valence electrons. The average Bonchev–Trinajstić information content (AvgIpc) is 3.14. The molecule has 1 amide bonds.